The van der Waals surface area contributed by atoms with Gasteiger partial charge >= 0.3 is 0 Å². The van der Waals surface area contributed by atoms with Gasteiger partial charge < -0.3 is 9.64 Å². The van der Waals surface area contributed by atoms with Crippen LogP contribution in [0.3, 0.4) is 0 Å². The molecular formula is C21H20N2O2S. The van der Waals surface area contributed by atoms with Crippen LogP contribution in [0, 0.1) is 6.92 Å². The van der Waals surface area contributed by atoms with Crippen LogP contribution < -0.4 is 9.64 Å². The quantitative estimate of drug-likeness (QED) is 0.675. The van der Waals surface area contributed by atoms with Crippen molar-refractivity contribution in [3.63, 3.8) is 0 Å². The first-order chi connectivity index (χ1) is 12.7. The highest BCUT2D eigenvalue weighted by Crippen LogP contribution is 2.33. The monoisotopic (exact) mass is 364 g/mol. The van der Waals surface area contributed by atoms with Crippen LogP contribution in [0.4, 0.5) is 5.69 Å². The van der Waals surface area contributed by atoms with Gasteiger partial charge in [0.25, 0.3) is 5.91 Å². The Balaban J connectivity index is 1.69. The zero-order chi connectivity index (χ0) is 18.1. The molecule has 3 aromatic rings. The number of aryl methyl sites for hydroxylation is 2. The molecule has 0 bridgehead atoms. The number of rotatable bonds is 3. The zero-order valence-electron chi connectivity index (χ0n) is 14.9. The van der Waals surface area contributed by atoms with Crippen LogP contribution in [-0.2, 0) is 6.42 Å². The molecule has 4 rings (SSSR count). The maximum Gasteiger partial charge on any atom is 0.270 e. The Labute approximate surface area is 157 Å². The number of para-hydroxylation sites is 1. The van der Waals surface area contributed by atoms with Crippen LogP contribution in [0.25, 0.3) is 10.6 Å². The van der Waals surface area contributed by atoms with E-state index in [1.54, 1.807) is 7.11 Å². The van der Waals surface area contributed by atoms with Crippen molar-refractivity contribution >= 4 is 22.9 Å². The van der Waals surface area contributed by atoms with Crippen molar-refractivity contribution in [1.82, 2.24) is 4.98 Å². The van der Waals surface area contributed by atoms with Gasteiger partial charge in [-0.15, -0.1) is 11.3 Å². The highest BCUT2D eigenvalue weighted by molar-refractivity contribution is 7.17. The molecule has 1 aliphatic rings. The van der Waals surface area contributed by atoms with Gasteiger partial charge in [-0.05, 0) is 43.5 Å². The molecule has 0 unspecified atom stereocenters. The highest BCUT2D eigenvalue weighted by Gasteiger charge is 2.26. The van der Waals surface area contributed by atoms with E-state index < -0.39 is 0 Å². The molecule has 0 fully saturated rings. The van der Waals surface area contributed by atoms with Crippen molar-refractivity contribution in [2.24, 2.45) is 0 Å². The fourth-order valence-electron chi connectivity index (χ4n) is 3.34. The van der Waals surface area contributed by atoms with E-state index in [0.717, 1.165) is 47.1 Å². The number of methoxy groups -OCH3 is 1. The molecule has 26 heavy (non-hydrogen) atoms. The first kappa shape index (κ1) is 16.8. The predicted octanol–water partition coefficient (Wildman–Crippen LogP) is 4.72. The third kappa shape index (κ3) is 2.99. The minimum Gasteiger partial charge on any atom is -0.497 e. The normalized spacial score (nSPS) is 13.4. The number of carbonyl (C=O) groups is 1. The molecule has 132 valence electrons. The SMILES string of the molecule is COc1cccc(-c2nc(C)c(C(=O)N3CCCc4ccccc43)s2)c1. The lowest BCUT2D eigenvalue weighted by Crippen LogP contribution is -2.35. The van der Waals surface area contributed by atoms with Gasteiger partial charge in [-0.1, -0.05) is 30.3 Å². The van der Waals surface area contributed by atoms with Crippen LogP contribution in [0.2, 0.25) is 0 Å². The minimum absolute atomic E-state index is 0.0429. The Kier molecular flexibility index (Phi) is 4.47. The van der Waals surface area contributed by atoms with Gasteiger partial charge in [0.05, 0.1) is 12.8 Å². The summed E-state index contributed by atoms with van der Waals surface area (Å²) in [6, 6.07) is 15.9. The Morgan fingerprint density at radius 2 is 2.04 bits per heavy atom. The predicted molar refractivity (Wildman–Crippen MR) is 105 cm³/mol. The van der Waals surface area contributed by atoms with E-state index in [2.05, 4.69) is 11.1 Å². The van der Waals surface area contributed by atoms with Gasteiger partial charge in [-0.25, -0.2) is 4.98 Å². The zero-order valence-corrected chi connectivity index (χ0v) is 15.7. The molecule has 0 radical (unpaired) electrons. The van der Waals surface area contributed by atoms with Crippen LogP contribution in [0.1, 0.15) is 27.3 Å². The van der Waals surface area contributed by atoms with E-state index in [1.165, 1.54) is 16.9 Å². The van der Waals surface area contributed by atoms with Crippen LogP contribution in [0.15, 0.2) is 48.5 Å². The molecule has 0 aliphatic carbocycles. The first-order valence-electron chi connectivity index (χ1n) is 8.69. The summed E-state index contributed by atoms with van der Waals surface area (Å²) < 4.78 is 5.30. The lowest BCUT2D eigenvalue weighted by atomic mass is 10.0. The summed E-state index contributed by atoms with van der Waals surface area (Å²) in [4.78, 5) is 20.5. The lowest BCUT2D eigenvalue weighted by molar-refractivity contribution is 0.0988. The summed E-state index contributed by atoms with van der Waals surface area (Å²) in [5.74, 6) is 0.828. The smallest absolute Gasteiger partial charge is 0.270 e. The topological polar surface area (TPSA) is 42.4 Å². The molecule has 1 aliphatic heterocycles. The van der Waals surface area contributed by atoms with Gasteiger partial charge in [0, 0.05) is 17.8 Å². The largest absolute Gasteiger partial charge is 0.497 e. The van der Waals surface area contributed by atoms with Gasteiger partial charge in [-0.2, -0.15) is 0 Å². The van der Waals surface area contributed by atoms with Gasteiger partial charge in [-0.3, -0.25) is 4.79 Å². The number of anilines is 1. The molecule has 2 aromatic carbocycles. The van der Waals surface area contributed by atoms with Crippen molar-refractivity contribution in [3.05, 3.63) is 64.7 Å². The summed E-state index contributed by atoms with van der Waals surface area (Å²) in [7, 11) is 1.65. The number of fused-ring (bicyclic) bond motifs is 1. The number of ether oxygens (including phenoxy) is 1. The molecule has 0 N–H and O–H groups in total. The number of hydrogen-bond acceptors (Lipinski definition) is 4. The standard InChI is InChI=1S/C21H20N2O2S/c1-14-19(26-20(22-14)16-8-5-10-17(13-16)25-2)21(24)23-12-6-9-15-7-3-4-11-18(15)23/h3-5,7-8,10-11,13H,6,9,12H2,1-2H3. The molecule has 5 heteroatoms. The van der Waals surface area contributed by atoms with E-state index in [-0.39, 0.29) is 5.91 Å². The van der Waals surface area contributed by atoms with Gasteiger partial charge in [0.15, 0.2) is 0 Å². The average molecular weight is 364 g/mol. The second-order valence-corrected chi connectivity index (χ2v) is 7.35. The number of aromatic nitrogens is 1. The second kappa shape index (κ2) is 6.92. The highest BCUT2D eigenvalue weighted by atomic mass is 32.1. The molecule has 2 heterocycles. The molecule has 0 spiro atoms. The van der Waals surface area contributed by atoms with Gasteiger partial charge in [0.1, 0.15) is 15.6 Å². The number of hydrogen-bond donors (Lipinski definition) is 0. The molecule has 1 aromatic heterocycles. The lowest BCUT2D eigenvalue weighted by Gasteiger charge is -2.29. The molecular weight excluding hydrogens is 344 g/mol. The molecule has 4 nitrogen and oxygen atoms in total. The summed E-state index contributed by atoms with van der Waals surface area (Å²) >= 11 is 1.45. The van der Waals surface area contributed by atoms with Gasteiger partial charge in [0.2, 0.25) is 0 Å². The fraction of sp³-hybridized carbons (Fsp3) is 0.238. The summed E-state index contributed by atoms with van der Waals surface area (Å²) in [5, 5.41) is 0.843. The third-order valence-electron chi connectivity index (χ3n) is 4.66. The van der Waals surface area contributed by atoms with Crippen LogP contribution >= 0.6 is 11.3 Å². The Hall–Kier alpha value is -2.66. The van der Waals surface area contributed by atoms with Crippen molar-refractivity contribution < 1.29 is 9.53 Å². The second-order valence-electron chi connectivity index (χ2n) is 6.35. The Morgan fingerprint density at radius 3 is 2.88 bits per heavy atom. The average Bonchev–Trinajstić information content (AvgIpc) is 3.09. The van der Waals surface area contributed by atoms with E-state index in [4.69, 9.17) is 4.74 Å². The van der Waals surface area contributed by atoms with Crippen LogP contribution in [0.5, 0.6) is 5.75 Å². The summed E-state index contributed by atoms with van der Waals surface area (Å²) in [5.41, 5.74) is 4.01. The van der Waals surface area contributed by atoms with E-state index in [0.29, 0.717) is 4.88 Å². The van der Waals surface area contributed by atoms with E-state index >= 15 is 0 Å². The molecule has 0 saturated carbocycles. The summed E-state index contributed by atoms with van der Waals surface area (Å²) in [6.45, 7) is 2.66. The number of amides is 1. The number of thiazole rings is 1. The van der Waals surface area contributed by atoms with Crippen LogP contribution in [-0.4, -0.2) is 24.5 Å². The van der Waals surface area contributed by atoms with E-state index in [9.17, 15) is 4.79 Å². The van der Waals surface area contributed by atoms with Crippen molar-refractivity contribution in [1.29, 1.82) is 0 Å². The Morgan fingerprint density at radius 1 is 1.19 bits per heavy atom. The third-order valence-corrected chi connectivity index (χ3v) is 5.86. The first-order valence-corrected chi connectivity index (χ1v) is 9.50. The number of nitrogens with zero attached hydrogens (tertiary/aromatic N) is 2. The summed E-state index contributed by atoms with van der Waals surface area (Å²) in [6.07, 6.45) is 2.01. The minimum atomic E-state index is 0.0429. The molecule has 0 saturated heterocycles. The Bertz CT molecular complexity index is 964. The maximum atomic E-state index is 13.2. The van der Waals surface area contributed by atoms with Crippen molar-refractivity contribution in [3.8, 4) is 16.3 Å². The molecule has 1 amide bonds. The maximum absolute atomic E-state index is 13.2. The van der Waals surface area contributed by atoms with Crippen molar-refractivity contribution in [2.75, 3.05) is 18.6 Å². The van der Waals surface area contributed by atoms with E-state index in [1.807, 2.05) is 54.3 Å². The molecule has 0 atom stereocenters. The number of carbonyl (C=O) groups excluding carboxylic acids is 1. The van der Waals surface area contributed by atoms with Crippen molar-refractivity contribution in [2.45, 2.75) is 19.8 Å². The fourth-order valence-corrected chi connectivity index (χ4v) is 4.35. The number of benzene rings is 2.